The fourth-order valence-electron chi connectivity index (χ4n) is 2.58. The van der Waals surface area contributed by atoms with E-state index in [1.165, 1.54) is 0 Å². The average molecular weight is 489 g/mol. The molecule has 150 valence electrons. The highest BCUT2D eigenvalue weighted by molar-refractivity contribution is 14.0. The van der Waals surface area contributed by atoms with E-state index in [1.807, 2.05) is 37.1 Å². The number of ether oxygens (including phenoxy) is 2. The molecule has 0 amide bonds. The van der Waals surface area contributed by atoms with E-state index in [4.69, 9.17) is 14.0 Å². The first kappa shape index (κ1) is 23.0. The molecule has 1 aromatic carbocycles. The van der Waals surface area contributed by atoms with Gasteiger partial charge in [-0.2, -0.15) is 4.98 Å². The van der Waals surface area contributed by atoms with Crippen molar-refractivity contribution < 1.29 is 14.0 Å². The zero-order valence-electron chi connectivity index (χ0n) is 16.5. The Morgan fingerprint density at radius 2 is 2.07 bits per heavy atom. The predicted octanol–water partition coefficient (Wildman–Crippen LogP) is 2.65. The standard InChI is InChI=1S/C18H27N5O3.HI/c1-13-21-17(26-22-13)7-6-10-20-18(19-2)23(3)12-14-8-9-15(24-4)11-16(14)25-5;/h8-9,11H,6-7,10,12H2,1-5H3,(H,19,20);1H. The third-order valence-electron chi connectivity index (χ3n) is 3.90. The minimum absolute atomic E-state index is 0. The van der Waals surface area contributed by atoms with Gasteiger partial charge in [-0.3, -0.25) is 4.99 Å². The summed E-state index contributed by atoms with van der Waals surface area (Å²) >= 11 is 0. The highest BCUT2D eigenvalue weighted by Crippen LogP contribution is 2.25. The van der Waals surface area contributed by atoms with E-state index in [1.54, 1.807) is 21.3 Å². The summed E-state index contributed by atoms with van der Waals surface area (Å²) in [6, 6.07) is 5.80. The van der Waals surface area contributed by atoms with Gasteiger partial charge >= 0.3 is 0 Å². The van der Waals surface area contributed by atoms with Crippen molar-refractivity contribution in [2.75, 3.05) is 34.9 Å². The number of halogens is 1. The van der Waals surface area contributed by atoms with Gasteiger partial charge in [0.25, 0.3) is 0 Å². The number of rotatable bonds is 8. The number of methoxy groups -OCH3 is 2. The smallest absolute Gasteiger partial charge is 0.226 e. The molecule has 0 unspecified atom stereocenters. The number of guanidine groups is 1. The van der Waals surface area contributed by atoms with Crippen LogP contribution < -0.4 is 14.8 Å². The molecular formula is C18H28IN5O3. The third-order valence-corrected chi connectivity index (χ3v) is 3.90. The minimum atomic E-state index is 0. The van der Waals surface area contributed by atoms with E-state index < -0.39 is 0 Å². The van der Waals surface area contributed by atoms with Crippen molar-refractivity contribution in [1.82, 2.24) is 20.4 Å². The molecule has 1 aromatic heterocycles. The Hall–Kier alpha value is -2.04. The number of hydrogen-bond acceptors (Lipinski definition) is 6. The monoisotopic (exact) mass is 489 g/mol. The van der Waals surface area contributed by atoms with Crippen LogP contribution in [0, 0.1) is 6.92 Å². The maximum atomic E-state index is 5.46. The lowest BCUT2D eigenvalue weighted by Crippen LogP contribution is -2.39. The molecule has 0 aliphatic rings. The summed E-state index contributed by atoms with van der Waals surface area (Å²) in [6.45, 7) is 3.24. The van der Waals surface area contributed by atoms with E-state index in [0.29, 0.717) is 18.3 Å². The van der Waals surface area contributed by atoms with Crippen molar-refractivity contribution in [2.45, 2.75) is 26.3 Å². The van der Waals surface area contributed by atoms with Gasteiger partial charge in [-0.25, -0.2) is 0 Å². The molecule has 0 aliphatic heterocycles. The SMILES string of the molecule is CN=C(NCCCc1nc(C)no1)N(C)Cc1ccc(OC)cc1OC.I. The van der Waals surface area contributed by atoms with Crippen LogP contribution >= 0.6 is 24.0 Å². The number of aromatic nitrogens is 2. The van der Waals surface area contributed by atoms with E-state index in [9.17, 15) is 0 Å². The molecule has 0 atom stereocenters. The van der Waals surface area contributed by atoms with Gasteiger partial charge in [-0.15, -0.1) is 24.0 Å². The van der Waals surface area contributed by atoms with Crippen molar-refractivity contribution in [3.8, 4) is 11.5 Å². The van der Waals surface area contributed by atoms with Crippen LogP contribution in [0.1, 0.15) is 23.7 Å². The maximum Gasteiger partial charge on any atom is 0.226 e. The molecule has 8 nitrogen and oxygen atoms in total. The highest BCUT2D eigenvalue weighted by atomic mass is 127. The Labute approximate surface area is 177 Å². The second kappa shape index (κ2) is 11.6. The van der Waals surface area contributed by atoms with Crippen molar-refractivity contribution in [1.29, 1.82) is 0 Å². The molecule has 0 saturated carbocycles. The molecule has 0 aliphatic carbocycles. The van der Waals surface area contributed by atoms with Gasteiger partial charge in [-0.1, -0.05) is 5.16 Å². The molecule has 9 heteroatoms. The molecule has 0 saturated heterocycles. The molecule has 2 rings (SSSR count). The van der Waals surface area contributed by atoms with Crippen LogP contribution in [0.3, 0.4) is 0 Å². The summed E-state index contributed by atoms with van der Waals surface area (Å²) in [5, 5.41) is 7.14. The van der Waals surface area contributed by atoms with Gasteiger partial charge in [0.2, 0.25) is 5.89 Å². The average Bonchev–Trinajstić information content (AvgIpc) is 3.07. The minimum Gasteiger partial charge on any atom is -0.497 e. The fraction of sp³-hybridized carbons (Fsp3) is 0.500. The summed E-state index contributed by atoms with van der Waals surface area (Å²) in [5.74, 6) is 3.70. The quantitative estimate of drug-likeness (QED) is 0.264. The topological polar surface area (TPSA) is 85.0 Å². The molecule has 0 bridgehead atoms. The number of aryl methyl sites for hydroxylation is 2. The van der Waals surface area contributed by atoms with Crippen molar-refractivity contribution in [2.24, 2.45) is 4.99 Å². The molecule has 2 aromatic rings. The lowest BCUT2D eigenvalue weighted by atomic mass is 10.2. The number of benzene rings is 1. The Morgan fingerprint density at radius 1 is 1.30 bits per heavy atom. The van der Waals surface area contributed by atoms with Crippen LogP contribution in [0.2, 0.25) is 0 Å². The number of hydrogen-bond donors (Lipinski definition) is 1. The molecule has 0 spiro atoms. The van der Waals surface area contributed by atoms with Gasteiger partial charge in [0.05, 0.1) is 14.2 Å². The zero-order chi connectivity index (χ0) is 18.9. The Morgan fingerprint density at radius 3 is 2.67 bits per heavy atom. The molecule has 1 N–H and O–H groups in total. The normalized spacial score (nSPS) is 10.9. The van der Waals surface area contributed by atoms with Gasteiger partial charge in [0.15, 0.2) is 11.8 Å². The van der Waals surface area contributed by atoms with Crippen LogP contribution in [0.4, 0.5) is 0 Å². The number of aliphatic imine (C=N–C) groups is 1. The Bertz CT molecular complexity index is 736. The first-order valence-electron chi connectivity index (χ1n) is 8.49. The van der Waals surface area contributed by atoms with Crippen LogP contribution in [-0.2, 0) is 13.0 Å². The number of nitrogens with zero attached hydrogens (tertiary/aromatic N) is 4. The summed E-state index contributed by atoms with van der Waals surface area (Å²) in [4.78, 5) is 10.6. The van der Waals surface area contributed by atoms with Gasteiger partial charge in [0.1, 0.15) is 11.5 Å². The third kappa shape index (κ3) is 6.89. The van der Waals surface area contributed by atoms with Gasteiger partial charge in [0, 0.05) is 45.2 Å². The van der Waals surface area contributed by atoms with Crippen molar-refractivity contribution in [3.05, 3.63) is 35.5 Å². The summed E-state index contributed by atoms with van der Waals surface area (Å²) < 4.78 is 15.8. The second-order valence-corrected chi connectivity index (χ2v) is 5.85. The lowest BCUT2D eigenvalue weighted by molar-refractivity contribution is 0.371. The molecular weight excluding hydrogens is 461 g/mol. The van der Waals surface area contributed by atoms with E-state index in [-0.39, 0.29) is 24.0 Å². The first-order chi connectivity index (χ1) is 12.6. The summed E-state index contributed by atoms with van der Waals surface area (Å²) in [7, 11) is 7.05. The van der Waals surface area contributed by atoms with E-state index in [0.717, 1.165) is 42.4 Å². The fourth-order valence-corrected chi connectivity index (χ4v) is 2.58. The van der Waals surface area contributed by atoms with E-state index >= 15 is 0 Å². The molecule has 0 fully saturated rings. The second-order valence-electron chi connectivity index (χ2n) is 5.85. The molecule has 0 radical (unpaired) electrons. The van der Waals surface area contributed by atoms with Gasteiger partial charge in [-0.05, 0) is 25.5 Å². The van der Waals surface area contributed by atoms with Gasteiger partial charge < -0.3 is 24.2 Å². The molecule has 1 heterocycles. The number of nitrogens with one attached hydrogen (secondary N) is 1. The lowest BCUT2D eigenvalue weighted by Gasteiger charge is -2.23. The molecule has 27 heavy (non-hydrogen) atoms. The van der Waals surface area contributed by atoms with E-state index in [2.05, 4.69) is 20.4 Å². The Kier molecular flexibility index (Phi) is 9.90. The Balaban J connectivity index is 0.00000364. The highest BCUT2D eigenvalue weighted by Gasteiger charge is 2.11. The maximum absolute atomic E-state index is 5.46. The summed E-state index contributed by atoms with van der Waals surface area (Å²) in [6.07, 6.45) is 1.61. The first-order valence-corrected chi connectivity index (χ1v) is 8.49. The van der Waals surface area contributed by atoms with Crippen LogP contribution in [0.15, 0.2) is 27.7 Å². The van der Waals surface area contributed by atoms with Crippen LogP contribution in [0.5, 0.6) is 11.5 Å². The zero-order valence-corrected chi connectivity index (χ0v) is 18.8. The summed E-state index contributed by atoms with van der Waals surface area (Å²) in [5.41, 5.74) is 1.06. The predicted molar refractivity (Wildman–Crippen MR) is 115 cm³/mol. The van der Waals surface area contributed by atoms with Crippen molar-refractivity contribution >= 4 is 29.9 Å². The van der Waals surface area contributed by atoms with Crippen LogP contribution in [0.25, 0.3) is 0 Å². The largest absolute Gasteiger partial charge is 0.497 e. The van der Waals surface area contributed by atoms with Crippen molar-refractivity contribution in [3.63, 3.8) is 0 Å². The van der Waals surface area contributed by atoms with Crippen LogP contribution in [-0.4, -0.2) is 55.9 Å².